The molecule has 0 aliphatic carbocycles. The zero-order chi connectivity index (χ0) is 21.8. The van der Waals surface area contributed by atoms with E-state index in [1.165, 1.54) is 6.07 Å². The fraction of sp³-hybridized carbons (Fsp3) is 0.192. The molecule has 4 nitrogen and oxygen atoms in total. The molecule has 0 saturated heterocycles. The first-order valence-electron chi connectivity index (χ1n) is 10.4. The van der Waals surface area contributed by atoms with E-state index in [1.807, 2.05) is 38.5 Å². The van der Waals surface area contributed by atoms with Crippen LogP contribution in [0, 0.1) is 5.82 Å². The van der Waals surface area contributed by atoms with Gasteiger partial charge in [0, 0.05) is 49.3 Å². The van der Waals surface area contributed by atoms with E-state index in [0.29, 0.717) is 12.1 Å². The van der Waals surface area contributed by atoms with Crippen molar-refractivity contribution in [2.75, 3.05) is 25.5 Å². The van der Waals surface area contributed by atoms with Crippen molar-refractivity contribution < 1.29 is 9.18 Å². The fourth-order valence-electron chi connectivity index (χ4n) is 3.89. The fourth-order valence-corrected chi connectivity index (χ4v) is 3.89. The molecule has 3 aromatic carbocycles. The smallest absolute Gasteiger partial charge is 0.224 e. The molecular formula is C26H26FN3O. The standard InChI is InChI=1S/C26H26FN3O/c1-30(2)20-13-11-18(12-14-20)22(23-17-28-25-10-6-4-8-21(23)25)16-29-26(31)15-19-7-3-5-9-24(19)27/h3-14,17,22,28H,15-16H2,1-2H3,(H,29,31)/t22-/m1/s1. The lowest BCUT2D eigenvalue weighted by molar-refractivity contribution is -0.120. The lowest BCUT2D eigenvalue weighted by Gasteiger charge is -2.20. The molecule has 31 heavy (non-hydrogen) atoms. The van der Waals surface area contributed by atoms with Gasteiger partial charge >= 0.3 is 0 Å². The topological polar surface area (TPSA) is 48.1 Å². The summed E-state index contributed by atoms with van der Waals surface area (Å²) in [7, 11) is 4.02. The highest BCUT2D eigenvalue weighted by molar-refractivity contribution is 5.84. The van der Waals surface area contributed by atoms with Gasteiger partial charge in [0.15, 0.2) is 0 Å². The van der Waals surface area contributed by atoms with Gasteiger partial charge in [0.2, 0.25) is 5.91 Å². The Morgan fingerprint density at radius 3 is 2.45 bits per heavy atom. The number of carbonyl (C=O) groups excluding carboxylic acids is 1. The molecule has 158 valence electrons. The lowest BCUT2D eigenvalue weighted by Crippen LogP contribution is -2.30. The van der Waals surface area contributed by atoms with Gasteiger partial charge in [0.25, 0.3) is 0 Å². The van der Waals surface area contributed by atoms with Crippen LogP contribution in [0.3, 0.4) is 0 Å². The highest BCUT2D eigenvalue weighted by Crippen LogP contribution is 2.31. The summed E-state index contributed by atoms with van der Waals surface area (Å²) < 4.78 is 13.9. The third kappa shape index (κ3) is 4.61. The van der Waals surface area contributed by atoms with Gasteiger partial charge in [-0.05, 0) is 41.0 Å². The molecule has 0 spiro atoms. The van der Waals surface area contributed by atoms with Gasteiger partial charge in [0.1, 0.15) is 5.82 Å². The second-order valence-corrected chi connectivity index (χ2v) is 7.90. The van der Waals surface area contributed by atoms with Gasteiger partial charge in [-0.15, -0.1) is 0 Å². The van der Waals surface area contributed by atoms with E-state index in [1.54, 1.807) is 18.2 Å². The van der Waals surface area contributed by atoms with E-state index >= 15 is 0 Å². The van der Waals surface area contributed by atoms with Crippen LogP contribution in [0.5, 0.6) is 0 Å². The van der Waals surface area contributed by atoms with Crippen LogP contribution >= 0.6 is 0 Å². The third-order valence-corrected chi connectivity index (χ3v) is 5.62. The van der Waals surface area contributed by atoms with E-state index < -0.39 is 0 Å². The van der Waals surface area contributed by atoms with Gasteiger partial charge in [-0.3, -0.25) is 4.79 Å². The Labute approximate surface area is 181 Å². The summed E-state index contributed by atoms with van der Waals surface area (Å²) in [6, 6.07) is 22.9. The number of benzene rings is 3. The zero-order valence-electron chi connectivity index (χ0n) is 17.7. The SMILES string of the molecule is CN(C)c1ccc([C@@H](CNC(=O)Cc2ccccc2F)c2c[nH]c3ccccc23)cc1. The largest absolute Gasteiger partial charge is 0.378 e. The van der Waals surface area contributed by atoms with Crippen LogP contribution in [-0.4, -0.2) is 31.5 Å². The lowest BCUT2D eigenvalue weighted by atomic mass is 9.90. The van der Waals surface area contributed by atoms with Crippen molar-refractivity contribution in [2.45, 2.75) is 12.3 Å². The average Bonchev–Trinajstić information content (AvgIpc) is 3.20. The summed E-state index contributed by atoms with van der Waals surface area (Å²) in [5.41, 5.74) is 4.81. The van der Waals surface area contributed by atoms with Crippen molar-refractivity contribution in [3.63, 3.8) is 0 Å². The number of hydrogen-bond acceptors (Lipinski definition) is 2. The van der Waals surface area contributed by atoms with Crippen molar-refractivity contribution in [3.8, 4) is 0 Å². The Balaban J connectivity index is 1.59. The van der Waals surface area contributed by atoms with Crippen molar-refractivity contribution in [1.29, 1.82) is 0 Å². The molecule has 4 rings (SSSR count). The first kappa shape index (κ1) is 20.7. The monoisotopic (exact) mass is 415 g/mol. The van der Waals surface area contributed by atoms with Gasteiger partial charge in [-0.2, -0.15) is 0 Å². The molecule has 0 aliphatic rings. The maximum Gasteiger partial charge on any atom is 0.224 e. The van der Waals surface area contributed by atoms with Crippen LogP contribution in [0.15, 0.2) is 79.0 Å². The van der Waals surface area contributed by atoms with Gasteiger partial charge < -0.3 is 15.2 Å². The number of hydrogen-bond donors (Lipinski definition) is 2. The summed E-state index contributed by atoms with van der Waals surface area (Å²) in [5, 5.41) is 4.15. The molecule has 5 heteroatoms. The molecule has 0 fully saturated rings. The highest BCUT2D eigenvalue weighted by Gasteiger charge is 2.19. The number of anilines is 1. The molecule has 0 unspecified atom stereocenters. The van der Waals surface area contributed by atoms with Crippen LogP contribution in [0.2, 0.25) is 0 Å². The maximum atomic E-state index is 13.9. The van der Waals surface area contributed by atoms with Crippen molar-refractivity contribution in [3.05, 3.63) is 102 Å². The average molecular weight is 416 g/mol. The minimum absolute atomic E-state index is 0.0207. The number of amides is 1. The van der Waals surface area contributed by atoms with Crippen LogP contribution in [0.4, 0.5) is 10.1 Å². The zero-order valence-corrected chi connectivity index (χ0v) is 17.7. The molecule has 0 aliphatic heterocycles. The number of halogens is 1. The number of fused-ring (bicyclic) bond motifs is 1. The Morgan fingerprint density at radius 1 is 1.00 bits per heavy atom. The second kappa shape index (κ2) is 9.04. The normalized spacial score (nSPS) is 12.0. The molecular weight excluding hydrogens is 389 g/mol. The van der Waals surface area contributed by atoms with Gasteiger partial charge in [-0.1, -0.05) is 48.5 Å². The number of aromatic amines is 1. The first-order valence-corrected chi connectivity index (χ1v) is 10.4. The molecule has 4 aromatic rings. The molecule has 0 bridgehead atoms. The quantitative estimate of drug-likeness (QED) is 0.453. The van der Waals surface area contributed by atoms with E-state index in [-0.39, 0.29) is 24.1 Å². The van der Waals surface area contributed by atoms with Gasteiger partial charge in [-0.25, -0.2) is 4.39 Å². The number of para-hydroxylation sites is 1. The van der Waals surface area contributed by atoms with Crippen LogP contribution in [0.25, 0.3) is 10.9 Å². The number of aromatic nitrogens is 1. The van der Waals surface area contributed by atoms with Crippen LogP contribution in [-0.2, 0) is 11.2 Å². The van der Waals surface area contributed by atoms with E-state index in [0.717, 1.165) is 27.7 Å². The number of carbonyl (C=O) groups is 1. The number of nitrogens with one attached hydrogen (secondary N) is 2. The molecule has 1 heterocycles. The Morgan fingerprint density at radius 2 is 1.71 bits per heavy atom. The van der Waals surface area contributed by atoms with E-state index in [2.05, 4.69) is 45.5 Å². The third-order valence-electron chi connectivity index (χ3n) is 5.62. The van der Waals surface area contributed by atoms with Crippen molar-refractivity contribution in [1.82, 2.24) is 10.3 Å². The summed E-state index contributed by atoms with van der Waals surface area (Å²) in [6.45, 7) is 0.427. The number of nitrogens with zero attached hydrogens (tertiary/aromatic N) is 1. The molecule has 0 saturated carbocycles. The second-order valence-electron chi connectivity index (χ2n) is 7.90. The first-order chi connectivity index (χ1) is 15.0. The summed E-state index contributed by atoms with van der Waals surface area (Å²) >= 11 is 0. The molecule has 1 amide bonds. The highest BCUT2D eigenvalue weighted by atomic mass is 19.1. The minimum Gasteiger partial charge on any atom is -0.378 e. The van der Waals surface area contributed by atoms with Crippen molar-refractivity contribution >= 4 is 22.5 Å². The minimum atomic E-state index is -0.356. The molecule has 0 radical (unpaired) electrons. The van der Waals surface area contributed by atoms with Crippen LogP contribution in [0.1, 0.15) is 22.6 Å². The van der Waals surface area contributed by atoms with Gasteiger partial charge in [0.05, 0.1) is 6.42 Å². The summed E-state index contributed by atoms with van der Waals surface area (Å²) in [4.78, 5) is 18.0. The summed E-state index contributed by atoms with van der Waals surface area (Å²) in [5.74, 6) is -0.582. The number of rotatable bonds is 7. The number of H-pyrrole nitrogens is 1. The Hall–Kier alpha value is -3.60. The predicted octanol–water partition coefficient (Wildman–Crippen LogP) is 4.86. The van der Waals surface area contributed by atoms with E-state index in [4.69, 9.17) is 0 Å². The molecule has 1 atom stereocenters. The Kier molecular flexibility index (Phi) is 6.03. The van der Waals surface area contributed by atoms with Crippen LogP contribution < -0.4 is 10.2 Å². The maximum absolute atomic E-state index is 13.9. The predicted molar refractivity (Wildman–Crippen MR) is 124 cm³/mol. The van der Waals surface area contributed by atoms with Crippen molar-refractivity contribution in [2.24, 2.45) is 0 Å². The Bertz CT molecular complexity index is 1180. The molecule has 1 aromatic heterocycles. The summed E-state index contributed by atoms with van der Waals surface area (Å²) in [6.07, 6.45) is 2.03. The molecule has 2 N–H and O–H groups in total. The van der Waals surface area contributed by atoms with E-state index in [9.17, 15) is 9.18 Å².